The van der Waals surface area contributed by atoms with Crippen molar-refractivity contribution in [1.82, 2.24) is 4.90 Å². The Bertz CT molecular complexity index is 709. The fraction of sp³-hybridized carbons (Fsp3) is 0.333. The minimum atomic E-state index is -0.525. The molecule has 0 aliphatic carbocycles. The summed E-state index contributed by atoms with van der Waals surface area (Å²) in [6.07, 6.45) is 2.35. The molecule has 1 amide bonds. The Morgan fingerprint density at radius 2 is 2.08 bits per heavy atom. The van der Waals surface area contributed by atoms with Gasteiger partial charge in [0.2, 0.25) is 0 Å². The van der Waals surface area contributed by atoms with Gasteiger partial charge in [-0.25, -0.2) is 4.79 Å². The van der Waals surface area contributed by atoms with Crippen molar-refractivity contribution in [3.8, 4) is 0 Å². The van der Waals surface area contributed by atoms with E-state index in [1.807, 2.05) is 6.07 Å². The van der Waals surface area contributed by atoms with Crippen LogP contribution in [0.5, 0.6) is 0 Å². The number of rotatable bonds is 6. The number of ether oxygens (including phenoxy) is 2. The number of carbonyl (C=O) groups excluding carboxylic acids is 2. The van der Waals surface area contributed by atoms with Gasteiger partial charge in [-0.05, 0) is 37.1 Å². The molecule has 0 saturated carbocycles. The summed E-state index contributed by atoms with van der Waals surface area (Å²) in [5.41, 5.74) is 1.95. The molecule has 1 aliphatic heterocycles. The van der Waals surface area contributed by atoms with Gasteiger partial charge in [0.25, 0.3) is 5.91 Å². The highest BCUT2D eigenvalue weighted by Crippen LogP contribution is 2.32. The van der Waals surface area contributed by atoms with Gasteiger partial charge in [-0.15, -0.1) is 0 Å². The number of carbonyl (C=O) groups is 2. The van der Waals surface area contributed by atoms with Crippen LogP contribution in [0, 0.1) is 0 Å². The van der Waals surface area contributed by atoms with Crippen molar-refractivity contribution < 1.29 is 19.1 Å². The van der Waals surface area contributed by atoms with E-state index in [-0.39, 0.29) is 5.91 Å². The van der Waals surface area contributed by atoms with Crippen molar-refractivity contribution in [2.75, 3.05) is 27.4 Å². The van der Waals surface area contributed by atoms with Gasteiger partial charge in [0.05, 0.1) is 18.3 Å². The maximum absolute atomic E-state index is 12.8. The minimum Gasteiger partial charge on any atom is -0.465 e. The molecule has 0 aromatic heterocycles. The molecule has 128 valence electrons. The average molecular weight is 350 g/mol. The van der Waals surface area contributed by atoms with Gasteiger partial charge in [0.1, 0.15) is 0 Å². The van der Waals surface area contributed by atoms with Crippen molar-refractivity contribution in [2.45, 2.75) is 13.3 Å². The summed E-state index contributed by atoms with van der Waals surface area (Å²) in [5.74, 6) is -0.743. The monoisotopic (exact) mass is 349 g/mol. The lowest BCUT2D eigenvalue weighted by Gasteiger charge is -2.17. The summed E-state index contributed by atoms with van der Waals surface area (Å²) in [6.45, 7) is 2.76. The molecule has 0 N–H and O–H groups in total. The van der Waals surface area contributed by atoms with E-state index in [0.717, 1.165) is 5.56 Å². The molecule has 0 spiro atoms. The molecule has 0 bridgehead atoms. The number of esters is 1. The van der Waals surface area contributed by atoms with Crippen molar-refractivity contribution in [1.29, 1.82) is 0 Å². The fourth-order valence-electron chi connectivity index (χ4n) is 2.63. The Morgan fingerprint density at radius 3 is 2.71 bits per heavy atom. The van der Waals surface area contributed by atoms with Crippen molar-refractivity contribution >= 4 is 29.6 Å². The van der Waals surface area contributed by atoms with E-state index < -0.39 is 5.97 Å². The Hall–Kier alpha value is -2.11. The number of amides is 1. The molecule has 24 heavy (non-hydrogen) atoms. The molecule has 1 aromatic rings. The van der Waals surface area contributed by atoms with Crippen molar-refractivity contribution in [3.63, 3.8) is 0 Å². The molecule has 0 unspecified atom stereocenters. The highest BCUT2D eigenvalue weighted by Gasteiger charge is 2.36. The summed E-state index contributed by atoms with van der Waals surface area (Å²) in [6, 6.07) is 7.10. The lowest BCUT2D eigenvalue weighted by Crippen LogP contribution is -2.26. The molecule has 0 saturated heterocycles. The largest absolute Gasteiger partial charge is 0.465 e. The SMILES string of the molecule is COCCCN1C(=O)C(=Cc2cccc(Cl)c2)C(C(=O)OC)=C1C. The van der Waals surface area contributed by atoms with Gasteiger partial charge >= 0.3 is 5.97 Å². The first kappa shape index (κ1) is 18.2. The molecule has 0 radical (unpaired) electrons. The van der Waals surface area contributed by atoms with Crippen LogP contribution >= 0.6 is 11.6 Å². The number of hydrogen-bond acceptors (Lipinski definition) is 4. The van der Waals surface area contributed by atoms with Crippen LogP contribution in [-0.2, 0) is 19.1 Å². The summed E-state index contributed by atoms with van der Waals surface area (Å²) in [4.78, 5) is 26.5. The number of nitrogens with zero attached hydrogens (tertiary/aromatic N) is 1. The third-order valence-corrected chi connectivity index (χ3v) is 4.03. The van der Waals surface area contributed by atoms with Gasteiger partial charge < -0.3 is 14.4 Å². The quantitative estimate of drug-likeness (QED) is 0.450. The van der Waals surface area contributed by atoms with Crippen LogP contribution in [-0.4, -0.2) is 44.1 Å². The first-order valence-electron chi connectivity index (χ1n) is 7.57. The van der Waals surface area contributed by atoms with Crippen LogP contribution < -0.4 is 0 Å². The third kappa shape index (κ3) is 3.86. The minimum absolute atomic E-state index is 0.219. The summed E-state index contributed by atoms with van der Waals surface area (Å²) < 4.78 is 9.88. The van der Waals surface area contributed by atoms with Crippen LogP contribution in [0.4, 0.5) is 0 Å². The molecule has 2 rings (SSSR count). The Kier molecular flexibility index (Phi) is 6.17. The molecular formula is C18H20ClNO4. The molecule has 0 fully saturated rings. The molecule has 1 heterocycles. The predicted octanol–water partition coefficient (Wildman–Crippen LogP) is 3.05. The standard InChI is InChI=1S/C18H20ClNO4/c1-12-16(18(22)24-3)15(11-13-6-4-7-14(19)10-13)17(21)20(12)8-5-9-23-2/h4,6-7,10-11H,5,8-9H2,1-3H3. The molecule has 6 heteroatoms. The zero-order valence-electron chi connectivity index (χ0n) is 14.0. The highest BCUT2D eigenvalue weighted by atomic mass is 35.5. The maximum atomic E-state index is 12.8. The molecular weight excluding hydrogens is 330 g/mol. The normalized spacial score (nSPS) is 16.2. The zero-order valence-corrected chi connectivity index (χ0v) is 14.7. The second kappa shape index (κ2) is 8.13. The number of hydrogen-bond donors (Lipinski definition) is 0. The number of benzene rings is 1. The van der Waals surface area contributed by atoms with E-state index in [1.165, 1.54) is 7.11 Å². The Labute approximate surface area is 146 Å². The van der Waals surface area contributed by atoms with Crippen LogP contribution in [0.15, 0.2) is 41.1 Å². The number of methoxy groups -OCH3 is 2. The molecule has 1 aromatic carbocycles. The van der Waals surface area contributed by atoms with Crippen LogP contribution in [0.25, 0.3) is 6.08 Å². The Balaban J connectivity index is 2.41. The van der Waals surface area contributed by atoms with Gasteiger partial charge in [0.15, 0.2) is 0 Å². The van der Waals surface area contributed by atoms with Gasteiger partial charge in [-0.1, -0.05) is 23.7 Å². The third-order valence-electron chi connectivity index (χ3n) is 3.79. The smallest absolute Gasteiger partial charge is 0.340 e. The van der Waals surface area contributed by atoms with Crippen molar-refractivity contribution in [3.05, 3.63) is 51.7 Å². The van der Waals surface area contributed by atoms with E-state index in [2.05, 4.69) is 0 Å². The van der Waals surface area contributed by atoms with E-state index in [9.17, 15) is 9.59 Å². The number of allylic oxidation sites excluding steroid dienone is 1. The predicted molar refractivity (Wildman–Crippen MR) is 92.4 cm³/mol. The summed E-state index contributed by atoms with van der Waals surface area (Å²) >= 11 is 5.99. The maximum Gasteiger partial charge on any atom is 0.340 e. The highest BCUT2D eigenvalue weighted by molar-refractivity contribution is 6.30. The van der Waals surface area contributed by atoms with Crippen LogP contribution in [0.3, 0.4) is 0 Å². The summed E-state index contributed by atoms with van der Waals surface area (Å²) in [7, 11) is 2.91. The molecule has 5 nitrogen and oxygen atoms in total. The zero-order chi connectivity index (χ0) is 17.7. The topological polar surface area (TPSA) is 55.8 Å². The van der Waals surface area contributed by atoms with Crippen molar-refractivity contribution in [2.24, 2.45) is 0 Å². The lowest BCUT2D eigenvalue weighted by molar-refractivity contribution is -0.136. The van der Waals surface area contributed by atoms with Gasteiger partial charge in [-0.2, -0.15) is 0 Å². The van der Waals surface area contributed by atoms with Gasteiger partial charge in [0, 0.05) is 31.0 Å². The van der Waals surface area contributed by atoms with Crippen LogP contribution in [0.2, 0.25) is 5.02 Å². The fourth-order valence-corrected chi connectivity index (χ4v) is 2.83. The molecule has 0 atom stereocenters. The summed E-state index contributed by atoms with van der Waals surface area (Å²) in [5, 5.41) is 0.562. The molecule has 1 aliphatic rings. The van der Waals surface area contributed by atoms with E-state index in [0.29, 0.717) is 41.4 Å². The number of halogens is 1. The van der Waals surface area contributed by atoms with E-state index in [4.69, 9.17) is 21.1 Å². The Morgan fingerprint density at radius 1 is 1.33 bits per heavy atom. The first-order valence-corrected chi connectivity index (χ1v) is 7.95. The van der Waals surface area contributed by atoms with Gasteiger partial charge in [-0.3, -0.25) is 4.79 Å². The second-order valence-corrected chi connectivity index (χ2v) is 5.80. The lowest BCUT2D eigenvalue weighted by atomic mass is 10.0. The van der Waals surface area contributed by atoms with Crippen LogP contribution in [0.1, 0.15) is 18.9 Å². The van der Waals surface area contributed by atoms with E-state index >= 15 is 0 Å². The van der Waals surface area contributed by atoms with E-state index in [1.54, 1.807) is 43.2 Å². The second-order valence-electron chi connectivity index (χ2n) is 5.37. The average Bonchev–Trinajstić information content (AvgIpc) is 2.79. The first-order chi connectivity index (χ1) is 11.5.